The van der Waals surface area contributed by atoms with Gasteiger partial charge in [-0.05, 0) is 17.7 Å². The fraction of sp³-hybridized carbons (Fsp3) is 0.0909. The Morgan fingerprint density at radius 2 is 1.69 bits per heavy atom. The van der Waals surface area contributed by atoms with E-state index < -0.39 is 0 Å². The molecule has 0 unspecified atom stereocenters. The zero-order chi connectivity index (χ0) is 12.0. The van der Waals surface area contributed by atoms with Crippen LogP contribution in [0.15, 0.2) is 12.1 Å². The molecule has 5 nitrogen and oxygen atoms in total. The molecule has 0 N–H and O–H groups in total. The lowest BCUT2D eigenvalue weighted by molar-refractivity contribution is -0.129. The highest BCUT2D eigenvalue weighted by atomic mass is 16.5. The van der Waals surface area contributed by atoms with Crippen LogP contribution in [0.4, 0.5) is 0 Å². The first-order chi connectivity index (χ1) is 7.76. The lowest BCUT2D eigenvalue weighted by atomic mass is 10.00. The van der Waals surface area contributed by atoms with Gasteiger partial charge in [0, 0.05) is 0 Å². The van der Waals surface area contributed by atoms with Gasteiger partial charge in [-0.1, -0.05) is 0 Å². The molecule has 76 valence electrons. The van der Waals surface area contributed by atoms with Crippen molar-refractivity contribution in [3.8, 4) is 18.2 Å². The summed E-state index contributed by atoms with van der Waals surface area (Å²) in [5, 5.41) is 26.4. The van der Waals surface area contributed by atoms with Gasteiger partial charge in [-0.3, -0.25) is 4.79 Å². The summed E-state index contributed by atoms with van der Waals surface area (Å²) in [4.78, 5) is 10.0. The maximum Gasteiger partial charge on any atom is 0.293 e. The Morgan fingerprint density at radius 3 is 2.06 bits per heavy atom. The van der Waals surface area contributed by atoms with Crippen LogP contribution in [0, 0.1) is 34.0 Å². The molecule has 0 atom stereocenters. The first kappa shape index (κ1) is 11.2. The van der Waals surface area contributed by atoms with Gasteiger partial charge in [0.25, 0.3) is 6.47 Å². The summed E-state index contributed by atoms with van der Waals surface area (Å²) in [7, 11) is 0. The lowest BCUT2D eigenvalue weighted by Crippen LogP contribution is -1.96. The van der Waals surface area contributed by atoms with E-state index in [1.165, 1.54) is 12.1 Å². The quantitative estimate of drug-likeness (QED) is 0.694. The van der Waals surface area contributed by atoms with Crippen molar-refractivity contribution in [2.45, 2.75) is 6.61 Å². The van der Waals surface area contributed by atoms with Crippen LogP contribution in [-0.4, -0.2) is 6.47 Å². The Kier molecular flexibility index (Phi) is 3.61. The zero-order valence-corrected chi connectivity index (χ0v) is 8.10. The molecule has 0 saturated heterocycles. The Bertz CT molecular complexity index is 509. The van der Waals surface area contributed by atoms with E-state index in [-0.39, 0.29) is 29.8 Å². The average molecular weight is 211 g/mol. The van der Waals surface area contributed by atoms with Crippen LogP contribution in [0.5, 0.6) is 0 Å². The Balaban J connectivity index is 3.30. The molecule has 0 aromatic heterocycles. The third-order valence-corrected chi connectivity index (χ3v) is 1.87. The average Bonchev–Trinajstić information content (AvgIpc) is 2.34. The monoisotopic (exact) mass is 211 g/mol. The molecule has 0 heterocycles. The van der Waals surface area contributed by atoms with Crippen LogP contribution in [0.2, 0.25) is 0 Å². The van der Waals surface area contributed by atoms with Crippen molar-refractivity contribution in [2.24, 2.45) is 0 Å². The number of nitriles is 3. The summed E-state index contributed by atoms with van der Waals surface area (Å²) in [6.07, 6.45) is 0. The van der Waals surface area contributed by atoms with E-state index in [9.17, 15) is 4.79 Å². The highest BCUT2D eigenvalue weighted by molar-refractivity contribution is 5.56. The second kappa shape index (κ2) is 5.14. The van der Waals surface area contributed by atoms with Crippen molar-refractivity contribution < 1.29 is 9.53 Å². The minimum atomic E-state index is -0.0292. The number of carbonyl (C=O) groups excluding carboxylic acids is 1. The summed E-state index contributed by atoms with van der Waals surface area (Å²) >= 11 is 0. The molecule has 5 heteroatoms. The van der Waals surface area contributed by atoms with Crippen molar-refractivity contribution in [1.82, 2.24) is 0 Å². The van der Waals surface area contributed by atoms with Gasteiger partial charge in [0.05, 0.1) is 16.7 Å². The zero-order valence-electron chi connectivity index (χ0n) is 8.10. The van der Waals surface area contributed by atoms with Crippen LogP contribution in [-0.2, 0) is 16.1 Å². The van der Waals surface area contributed by atoms with Crippen LogP contribution in [0.1, 0.15) is 22.3 Å². The summed E-state index contributed by atoms with van der Waals surface area (Å²) in [5.74, 6) is 0. The fourth-order valence-corrected chi connectivity index (χ4v) is 1.21. The smallest absolute Gasteiger partial charge is 0.293 e. The molecular formula is C11H5N3O2. The number of carbonyl (C=O) groups is 1. The van der Waals surface area contributed by atoms with Crippen LogP contribution >= 0.6 is 0 Å². The molecule has 0 spiro atoms. The Morgan fingerprint density at radius 1 is 1.12 bits per heavy atom. The summed E-state index contributed by atoms with van der Waals surface area (Å²) in [6.45, 7) is 0.245. The van der Waals surface area contributed by atoms with E-state index in [1.807, 2.05) is 12.1 Å². The fourth-order valence-electron chi connectivity index (χ4n) is 1.21. The highest BCUT2D eigenvalue weighted by Crippen LogP contribution is 2.16. The first-order valence-electron chi connectivity index (χ1n) is 4.19. The molecule has 0 bridgehead atoms. The second-order valence-electron chi connectivity index (χ2n) is 2.81. The molecule has 1 rings (SSSR count). The molecule has 16 heavy (non-hydrogen) atoms. The molecule has 0 fully saturated rings. The van der Waals surface area contributed by atoms with Gasteiger partial charge in [-0.25, -0.2) is 0 Å². The summed E-state index contributed by atoms with van der Waals surface area (Å²) in [5.41, 5.74) is 0.746. The first-order valence-corrected chi connectivity index (χ1v) is 4.19. The van der Waals surface area contributed by atoms with Gasteiger partial charge in [-0.2, -0.15) is 15.8 Å². The normalized spacial score (nSPS) is 8.31. The van der Waals surface area contributed by atoms with Gasteiger partial charge < -0.3 is 4.74 Å². The van der Waals surface area contributed by atoms with E-state index in [1.54, 1.807) is 6.07 Å². The SMILES string of the molecule is N#Cc1cc(COC=O)cc(C#N)c1C#N. The molecule has 0 aliphatic rings. The molecule has 0 amide bonds. The minimum absolute atomic E-state index is 0.0292. The van der Waals surface area contributed by atoms with Crippen molar-refractivity contribution in [2.75, 3.05) is 0 Å². The summed E-state index contributed by atoms with van der Waals surface area (Å²) < 4.78 is 4.51. The van der Waals surface area contributed by atoms with Crippen molar-refractivity contribution in [3.05, 3.63) is 34.4 Å². The molecule has 0 saturated carbocycles. The maximum atomic E-state index is 10.0. The van der Waals surface area contributed by atoms with Crippen molar-refractivity contribution >= 4 is 6.47 Å². The molecule has 0 aliphatic heterocycles. The van der Waals surface area contributed by atoms with Crippen molar-refractivity contribution in [1.29, 1.82) is 15.8 Å². The third kappa shape index (κ3) is 2.15. The number of nitrogens with zero attached hydrogens (tertiary/aromatic N) is 3. The highest BCUT2D eigenvalue weighted by Gasteiger charge is 2.10. The molecule has 0 aliphatic carbocycles. The lowest BCUT2D eigenvalue weighted by Gasteiger charge is -2.03. The van der Waals surface area contributed by atoms with Gasteiger partial charge in [0.1, 0.15) is 24.8 Å². The predicted octanol–water partition coefficient (Wildman–Crippen LogP) is 0.975. The Labute approximate surface area is 91.7 Å². The molecule has 1 aromatic carbocycles. The van der Waals surface area contributed by atoms with Crippen LogP contribution in [0.25, 0.3) is 0 Å². The van der Waals surface area contributed by atoms with E-state index in [4.69, 9.17) is 15.8 Å². The molecule has 1 aromatic rings. The number of benzene rings is 1. The van der Waals surface area contributed by atoms with Gasteiger partial charge in [-0.15, -0.1) is 0 Å². The topological polar surface area (TPSA) is 97.7 Å². The number of hydrogen-bond acceptors (Lipinski definition) is 5. The standard InChI is InChI=1S/C11H5N3O2/c12-3-9-1-8(6-16-7-15)2-10(4-13)11(9)5-14/h1-2,7H,6H2. The maximum absolute atomic E-state index is 10.0. The third-order valence-electron chi connectivity index (χ3n) is 1.87. The van der Waals surface area contributed by atoms with E-state index in [2.05, 4.69) is 4.74 Å². The largest absolute Gasteiger partial charge is 0.463 e. The van der Waals surface area contributed by atoms with E-state index >= 15 is 0 Å². The van der Waals surface area contributed by atoms with Gasteiger partial charge in [0.2, 0.25) is 0 Å². The predicted molar refractivity (Wildman–Crippen MR) is 51.4 cm³/mol. The van der Waals surface area contributed by atoms with Gasteiger partial charge >= 0.3 is 0 Å². The summed E-state index contributed by atoms with van der Waals surface area (Å²) in [6, 6.07) is 8.27. The molecule has 0 radical (unpaired) electrons. The second-order valence-corrected chi connectivity index (χ2v) is 2.81. The van der Waals surface area contributed by atoms with Crippen LogP contribution < -0.4 is 0 Å². The van der Waals surface area contributed by atoms with Gasteiger partial charge in [0.15, 0.2) is 0 Å². The van der Waals surface area contributed by atoms with E-state index in [0.717, 1.165) is 0 Å². The van der Waals surface area contributed by atoms with E-state index in [0.29, 0.717) is 5.56 Å². The number of rotatable bonds is 3. The number of hydrogen-bond donors (Lipinski definition) is 0. The minimum Gasteiger partial charge on any atom is -0.463 e. The molecular weight excluding hydrogens is 206 g/mol. The van der Waals surface area contributed by atoms with Crippen molar-refractivity contribution in [3.63, 3.8) is 0 Å². The Hall–Kier alpha value is -2.84. The number of ether oxygens (including phenoxy) is 1. The van der Waals surface area contributed by atoms with Crippen LogP contribution in [0.3, 0.4) is 0 Å².